The SMILES string of the molecule is Cc1cc(N2C(=O)C(O)=C(C(=O)c3cccs3)[C@H]2c2ccc(O)cc2)no1. The van der Waals surface area contributed by atoms with Crippen LogP contribution in [0.4, 0.5) is 5.82 Å². The number of hydrogen-bond acceptors (Lipinski definition) is 7. The highest BCUT2D eigenvalue weighted by molar-refractivity contribution is 7.12. The van der Waals surface area contributed by atoms with E-state index in [1.807, 2.05) is 0 Å². The summed E-state index contributed by atoms with van der Waals surface area (Å²) in [5.74, 6) is -1.06. The van der Waals surface area contributed by atoms with Crippen molar-refractivity contribution in [3.63, 3.8) is 0 Å². The summed E-state index contributed by atoms with van der Waals surface area (Å²) in [5, 5.41) is 25.7. The molecule has 0 radical (unpaired) electrons. The Morgan fingerprint density at radius 2 is 1.96 bits per heavy atom. The normalized spacial score (nSPS) is 17.0. The highest BCUT2D eigenvalue weighted by Crippen LogP contribution is 2.42. The van der Waals surface area contributed by atoms with Gasteiger partial charge in [0.25, 0.3) is 5.91 Å². The lowest BCUT2D eigenvalue weighted by Crippen LogP contribution is -2.31. The van der Waals surface area contributed by atoms with Crippen LogP contribution in [0.3, 0.4) is 0 Å². The van der Waals surface area contributed by atoms with Crippen LogP contribution in [0.2, 0.25) is 0 Å². The summed E-state index contributed by atoms with van der Waals surface area (Å²) in [6.45, 7) is 1.68. The van der Waals surface area contributed by atoms with Gasteiger partial charge in [-0.25, -0.2) is 0 Å². The first-order valence-corrected chi connectivity index (χ1v) is 8.92. The van der Waals surface area contributed by atoms with E-state index in [9.17, 15) is 19.8 Å². The molecule has 7 nitrogen and oxygen atoms in total. The van der Waals surface area contributed by atoms with Gasteiger partial charge in [-0.15, -0.1) is 11.3 Å². The first kappa shape index (κ1) is 17.0. The zero-order chi connectivity index (χ0) is 19.1. The summed E-state index contributed by atoms with van der Waals surface area (Å²) in [5.41, 5.74) is 0.513. The van der Waals surface area contributed by atoms with E-state index in [-0.39, 0.29) is 17.1 Å². The van der Waals surface area contributed by atoms with Gasteiger partial charge >= 0.3 is 0 Å². The van der Waals surface area contributed by atoms with Crippen LogP contribution in [0, 0.1) is 6.92 Å². The number of phenols is 1. The average molecular weight is 382 g/mol. The van der Waals surface area contributed by atoms with Crippen molar-refractivity contribution in [1.29, 1.82) is 0 Å². The van der Waals surface area contributed by atoms with Gasteiger partial charge in [0.15, 0.2) is 11.6 Å². The number of hydrogen-bond donors (Lipinski definition) is 2. The number of aromatic nitrogens is 1. The first-order valence-electron chi connectivity index (χ1n) is 8.04. The summed E-state index contributed by atoms with van der Waals surface area (Å²) in [4.78, 5) is 27.4. The summed E-state index contributed by atoms with van der Waals surface area (Å²) < 4.78 is 5.06. The van der Waals surface area contributed by atoms with Crippen LogP contribution in [-0.4, -0.2) is 27.1 Å². The number of aromatic hydroxyl groups is 1. The molecule has 2 N–H and O–H groups in total. The van der Waals surface area contributed by atoms with Gasteiger partial charge in [-0.2, -0.15) is 0 Å². The van der Waals surface area contributed by atoms with E-state index in [0.29, 0.717) is 16.2 Å². The fourth-order valence-electron chi connectivity index (χ4n) is 3.05. The summed E-state index contributed by atoms with van der Waals surface area (Å²) in [6, 6.07) is 10.1. The maximum atomic E-state index is 13.0. The summed E-state index contributed by atoms with van der Waals surface area (Å²) >= 11 is 1.22. The first-order chi connectivity index (χ1) is 13.0. The van der Waals surface area contributed by atoms with Gasteiger partial charge in [0.05, 0.1) is 16.5 Å². The van der Waals surface area contributed by atoms with E-state index >= 15 is 0 Å². The van der Waals surface area contributed by atoms with Gasteiger partial charge in [-0.05, 0) is 36.1 Å². The Morgan fingerprint density at radius 3 is 2.56 bits per heavy atom. The number of anilines is 1. The lowest BCUT2D eigenvalue weighted by atomic mass is 9.95. The molecular weight excluding hydrogens is 368 g/mol. The molecule has 0 saturated heterocycles. The molecule has 1 aliphatic rings. The third kappa shape index (κ3) is 2.80. The maximum absolute atomic E-state index is 13.0. The van der Waals surface area contributed by atoms with Gasteiger partial charge in [-0.1, -0.05) is 23.4 Å². The van der Waals surface area contributed by atoms with Crippen LogP contribution in [0.25, 0.3) is 0 Å². The third-order valence-corrected chi connectivity index (χ3v) is 5.14. The highest BCUT2D eigenvalue weighted by Gasteiger charge is 2.45. The molecule has 8 heteroatoms. The molecule has 1 aliphatic heterocycles. The smallest absolute Gasteiger partial charge is 0.295 e. The largest absolute Gasteiger partial charge is 0.508 e. The van der Waals surface area contributed by atoms with Crippen LogP contribution in [0.15, 0.2) is 63.7 Å². The van der Waals surface area contributed by atoms with Crippen molar-refractivity contribution in [2.75, 3.05) is 4.90 Å². The van der Waals surface area contributed by atoms with Gasteiger partial charge in [0.1, 0.15) is 11.5 Å². The number of thiophene rings is 1. The number of phenolic OH excluding ortho intramolecular Hbond substituents is 1. The number of Topliss-reactive ketones (excluding diaryl/α,β-unsaturated/α-hetero) is 1. The van der Waals surface area contributed by atoms with E-state index in [4.69, 9.17) is 4.52 Å². The quantitative estimate of drug-likeness (QED) is 0.669. The molecule has 3 heterocycles. The molecule has 2 aromatic heterocycles. The number of nitrogens with zero attached hydrogens (tertiary/aromatic N) is 2. The van der Waals surface area contributed by atoms with E-state index in [1.54, 1.807) is 42.6 Å². The van der Waals surface area contributed by atoms with Gasteiger partial charge in [0.2, 0.25) is 5.78 Å². The zero-order valence-electron chi connectivity index (χ0n) is 14.1. The van der Waals surface area contributed by atoms with Crippen LogP contribution in [0.1, 0.15) is 27.0 Å². The zero-order valence-corrected chi connectivity index (χ0v) is 14.9. The fourth-order valence-corrected chi connectivity index (χ4v) is 3.73. The minimum atomic E-state index is -0.891. The molecule has 0 unspecified atom stereocenters. The monoisotopic (exact) mass is 382 g/mol. The van der Waals surface area contributed by atoms with E-state index < -0.39 is 23.5 Å². The van der Waals surface area contributed by atoms with Crippen molar-refractivity contribution in [1.82, 2.24) is 5.16 Å². The van der Waals surface area contributed by atoms with Gasteiger partial charge in [0, 0.05) is 6.07 Å². The van der Waals surface area contributed by atoms with Crippen molar-refractivity contribution < 1.29 is 24.3 Å². The molecule has 27 heavy (non-hydrogen) atoms. The van der Waals surface area contributed by atoms with Crippen molar-refractivity contribution in [3.05, 3.63) is 75.4 Å². The van der Waals surface area contributed by atoms with E-state index in [2.05, 4.69) is 5.16 Å². The molecule has 0 saturated carbocycles. The van der Waals surface area contributed by atoms with Crippen LogP contribution >= 0.6 is 11.3 Å². The molecule has 136 valence electrons. The Bertz CT molecular complexity index is 1050. The second-order valence-corrected chi connectivity index (χ2v) is 6.98. The van der Waals surface area contributed by atoms with Gasteiger partial charge < -0.3 is 14.7 Å². The number of ketones is 1. The van der Waals surface area contributed by atoms with E-state index in [1.165, 1.54) is 28.4 Å². The minimum Gasteiger partial charge on any atom is -0.508 e. The van der Waals surface area contributed by atoms with Crippen LogP contribution < -0.4 is 4.90 Å². The Hall–Kier alpha value is -3.39. The molecule has 0 fully saturated rings. The summed E-state index contributed by atoms with van der Waals surface area (Å²) in [6.07, 6.45) is 0. The Labute approximate surface area is 157 Å². The lowest BCUT2D eigenvalue weighted by Gasteiger charge is -2.24. The predicted octanol–water partition coefficient (Wildman–Crippen LogP) is 3.53. The minimum absolute atomic E-state index is 0.0335. The van der Waals surface area contributed by atoms with Crippen molar-refractivity contribution in [3.8, 4) is 5.75 Å². The Kier molecular flexibility index (Phi) is 4.04. The number of amides is 1. The van der Waals surface area contributed by atoms with Crippen LogP contribution in [0.5, 0.6) is 5.75 Å². The number of benzene rings is 1. The number of rotatable bonds is 4. The highest BCUT2D eigenvalue weighted by atomic mass is 32.1. The molecule has 1 aromatic carbocycles. The molecular formula is C19H14N2O5S. The number of carbonyl (C=O) groups excluding carboxylic acids is 2. The molecule has 1 amide bonds. The van der Waals surface area contributed by atoms with Crippen molar-refractivity contribution in [2.24, 2.45) is 0 Å². The van der Waals surface area contributed by atoms with Crippen molar-refractivity contribution >= 4 is 28.8 Å². The Morgan fingerprint density at radius 1 is 1.22 bits per heavy atom. The molecule has 0 spiro atoms. The second kappa shape index (κ2) is 6.40. The Balaban J connectivity index is 1.88. The summed E-state index contributed by atoms with van der Waals surface area (Å²) in [7, 11) is 0. The maximum Gasteiger partial charge on any atom is 0.295 e. The fraction of sp³-hybridized carbons (Fsp3) is 0.105. The van der Waals surface area contributed by atoms with Crippen LogP contribution in [-0.2, 0) is 4.79 Å². The van der Waals surface area contributed by atoms with Gasteiger partial charge in [-0.3, -0.25) is 14.5 Å². The standard InChI is InChI=1S/C19H14N2O5S/c1-10-9-14(20-26-10)21-16(11-4-6-12(22)7-5-11)15(18(24)19(21)25)17(23)13-3-2-8-27-13/h2-9,16,22,24H,1H3/t16-/m1/s1. The predicted molar refractivity (Wildman–Crippen MR) is 97.9 cm³/mol. The number of aliphatic hydroxyl groups is 1. The molecule has 4 rings (SSSR count). The number of carbonyl (C=O) groups is 2. The van der Waals surface area contributed by atoms with E-state index in [0.717, 1.165) is 0 Å². The second-order valence-electron chi connectivity index (χ2n) is 6.03. The molecule has 0 aliphatic carbocycles. The topological polar surface area (TPSA) is 104 Å². The number of aliphatic hydroxyl groups excluding tert-OH is 1. The lowest BCUT2D eigenvalue weighted by molar-refractivity contribution is -0.117. The van der Waals surface area contributed by atoms with Crippen molar-refractivity contribution in [2.45, 2.75) is 13.0 Å². The molecule has 3 aromatic rings. The average Bonchev–Trinajstić information content (AvgIpc) is 3.37. The number of aryl methyl sites for hydroxylation is 1. The molecule has 0 bridgehead atoms. The third-order valence-electron chi connectivity index (χ3n) is 4.27. The molecule has 1 atom stereocenters.